The zero-order chi connectivity index (χ0) is 27.6. The van der Waals surface area contributed by atoms with Crippen LogP contribution in [0.5, 0.6) is 0 Å². The quantitative estimate of drug-likeness (QED) is 0.265. The number of aliphatic hydroxyl groups excluding tert-OH is 1. The van der Waals surface area contributed by atoms with E-state index in [0.29, 0.717) is 16.9 Å². The topological polar surface area (TPSA) is 151 Å². The van der Waals surface area contributed by atoms with Gasteiger partial charge >= 0.3 is 0 Å². The van der Waals surface area contributed by atoms with E-state index in [1.165, 1.54) is 18.7 Å². The molecule has 0 spiro atoms. The summed E-state index contributed by atoms with van der Waals surface area (Å²) in [5.74, 6) is -1.83. The lowest BCUT2D eigenvalue weighted by Gasteiger charge is -2.27. The Morgan fingerprint density at radius 3 is 2.19 bits per heavy atom. The van der Waals surface area contributed by atoms with Gasteiger partial charge in [0.25, 0.3) is 5.91 Å². The SMILES string of the molecule is CC(=O)N[C@@H](CC(N)=O)C(=O)N[C@@H](CSc1ccccc1)[C@H](O)Cc1ccccc1C(=O)NC(C)(C)C. The van der Waals surface area contributed by atoms with Crippen molar-refractivity contribution in [3.63, 3.8) is 0 Å². The Morgan fingerprint density at radius 2 is 1.59 bits per heavy atom. The van der Waals surface area contributed by atoms with Gasteiger partial charge < -0.3 is 26.8 Å². The Hall–Kier alpha value is -3.37. The fourth-order valence-corrected chi connectivity index (χ4v) is 4.61. The van der Waals surface area contributed by atoms with Crippen LogP contribution in [0.1, 0.15) is 50.0 Å². The summed E-state index contributed by atoms with van der Waals surface area (Å²) in [5, 5.41) is 19.4. The maximum atomic E-state index is 13.0. The highest BCUT2D eigenvalue weighted by Gasteiger charge is 2.29. The van der Waals surface area contributed by atoms with Crippen LogP contribution in [0.4, 0.5) is 0 Å². The molecule has 0 radical (unpaired) electrons. The second-order valence-corrected chi connectivity index (χ2v) is 10.9. The molecule has 0 fully saturated rings. The largest absolute Gasteiger partial charge is 0.391 e. The van der Waals surface area contributed by atoms with E-state index in [-0.39, 0.29) is 18.7 Å². The molecule has 0 aliphatic carbocycles. The van der Waals surface area contributed by atoms with Crippen molar-refractivity contribution in [1.29, 1.82) is 0 Å². The van der Waals surface area contributed by atoms with Gasteiger partial charge in [0.2, 0.25) is 17.7 Å². The zero-order valence-corrected chi connectivity index (χ0v) is 22.4. The predicted molar refractivity (Wildman–Crippen MR) is 144 cm³/mol. The van der Waals surface area contributed by atoms with E-state index in [1.54, 1.807) is 24.3 Å². The lowest BCUT2D eigenvalue weighted by atomic mass is 9.97. The highest BCUT2D eigenvalue weighted by Crippen LogP contribution is 2.21. The Morgan fingerprint density at radius 1 is 0.973 bits per heavy atom. The van der Waals surface area contributed by atoms with Gasteiger partial charge in [-0.3, -0.25) is 19.2 Å². The van der Waals surface area contributed by atoms with Crippen LogP contribution >= 0.6 is 11.8 Å². The van der Waals surface area contributed by atoms with Crippen LogP contribution in [-0.4, -0.2) is 58.2 Å². The minimum atomic E-state index is -1.17. The first-order valence-electron chi connectivity index (χ1n) is 12.0. The number of carbonyl (C=O) groups is 4. The average molecular weight is 529 g/mol. The number of rotatable bonds is 12. The first kappa shape index (κ1) is 29.9. The molecule has 0 aliphatic rings. The molecular weight excluding hydrogens is 492 g/mol. The molecule has 0 saturated carbocycles. The van der Waals surface area contributed by atoms with Crippen molar-refractivity contribution >= 4 is 35.4 Å². The van der Waals surface area contributed by atoms with Gasteiger partial charge in [0.05, 0.1) is 18.6 Å². The first-order chi connectivity index (χ1) is 17.4. The van der Waals surface area contributed by atoms with E-state index < -0.39 is 41.4 Å². The maximum absolute atomic E-state index is 13.0. The molecule has 2 aromatic carbocycles. The van der Waals surface area contributed by atoms with E-state index in [0.717, 1.165) is 4.90 Å². The van der Waals surface area contributed by atoms with E-state index in [4.69, 9.17) is 5.73 Å². The smallest absolute Gasteiger partial charge is 0.251 e. The van der Waals surface area contributed by atoms with E-state index in [1.807, 2.05) is 51.1 Å². The highest BCUT2D eigenvalue weighted by molar-refractivity contribution is 7.99. The minimum absolute atomic E-state index is 0.0919. The van der Waals surface area contributed by atoms with Crippen molar-refractivity contribution in [2.75, 3.05) is 5.75 Å². The number of primary amides is 1. The van der Waals surface area contributed by atoms with Crippen LogP contribution in [-0.2, 0) is 20.8 Å². The second kappa shape index (κ2) is 13.8. The van der Waals surface area contributed by atoms with Crippen LogP contribution < -0.4 is 21.7 Å². The first-order valence-corrected chi connectivity index (χ1v) is 13.0. The van der Waals surface area contributed by atoms with Gasteiger partial charge in [0, 0.05) is 35.1 Å². The van der Waals surface area contributed by atoms with E-state index >= 15 is 0 Å². The van der Waals surface area contributed by atoms with Crippen molar-refractivity contribution in [3.05, 3.63) is 65.7 Å². The van der Waals surface area contributed by atoms with Crippen LogP contribution in [0.2, 0.25) is 0 Å². The molecule has 4 amide bonds. The van der Waals surface area contributed by atoms with Gasteiger partial charge in [-0.2, -0.15) is 0 Å². The molecular formula is C27H36N4O5S. The number of hydrogen-bond donors (Lipinski definition) is 5. The monoisotopic (exact) mass is 528 g/mol. The molecule has 0 bridgehead atoms. The van der Waals surface area contributed by atoms with Gasteiger partial charge in [-0.25, -0.2) is 0 Å². The van der Waals surface area contributed by atoms with Crippen LogP contribution in [0.3, 0.4) is 0 Å². The fourth-order valence-electron chi connectivity index (χ4n) is 3.59. The molecule has 2 aromatic rings. The van der Waals surface area contributed by atoms with Crippen molar-refractivity contribution in [2.45, 2.75) is 69.2 Å². The number of aliphatic hydroxyl groups is 1. The molecule has 0 unspecified atom stereocenters. The molecule has 0 aromatic heterocycles. The van der Waals surface area contributed by atoms with Crippen molar-refractivity contribution in [3.8, 4) is 0 Å². The van der Waals surface area contributed by atoms with Crippen molar-refractivity contribution in [1.82, 2.24) is 16.0 Å². The third kappa shape index (κ3) is 10.6. The Bertz CT molecular complexity index is 1070. The zero-order valence-electron chi connectivity index (χ0n) is 21.6. The minimum Gasteiger partial charge on any atom is -0.391 e. The molecule has 200 valence electrons. The normalized spacial score (nSPS) is 13.6. The maximum Gasteiger partial charge on any atom is 0.251 e. The molecule has 0 heterocycles. The number of nitrogens with one attached hydrogen (secondary N) is 3. The number of benzene rings is 2. The molecule has 2 rings (SSSR count). The summed E-state index contributed by atoms with van der Waals surface area (Å²) < 4.78 is 0. The number of carbonyl (C=O) groups excluding carboxylic acids is 4. The summed E-state index contributed by atoms with van der Waals surface area (Å²) in [5.41, 5.74) is 5.88. The Balaban J connectivity index is 2.27. The predicted octanol–water partition coefficient (Wildman–Crippen LogP) is 1.78. The summed E-state index contributed by atoms with van der Waals surface area (Å²) in [4.78, 5) is 49.9. The lowest BCUT2D eigenvalue weighted by molar-refractivity contribution is -0.131. The van der Waals surface area contributed by atoms with Crippen LogP contribution in [0, 0.1) is 0 Å². The van der Waals surface area contributed by atoms with E-state index in [2.05, 4.69) is 16.0 Å². The standard InChI is InChI=1S/C27H36N4O5S/c1-17(32)29-21(15-24(28)34)26(36)30-22(16-37-19-11-6-5-7-12-19)23(33)14-18-10-8-9-13-20(18)25(35)31-27(2,3)4/h5-13,21-23,33H,14-16H2,1-4H3,(H2,28,34)(H,29,32)(H,30,36)(H,31,35)/t21-,22-,23+/m0/s1. The van der Waals surface area contributed by atoms with E-state index in [9.17, 15) is 24.3 Å². The van der Waals surface area contributed by atoms with Crippen molar-refractivity contribution < 1.29 is 24.3 Å². The summed E-state index contributed by atoms with van der Waals surface area (Å²) >= 11 is 1.43. The Labute approximate surface area is 222 Å². The number of nitrogens with two attached hydrogens (primary N) is 1. The highest BCUT2D eigenvalue weighted by atomic mass is 32.2. The molecule has 0 aliphatic heterocycles. The number of amides is 4. The van der Waals surface area contributed by atoms with Gasteiger partial charge in [-0.05, 0) is 44.5 Å². The molecule has 6 N–H and O–H groups in total. The summed E-state index contributed by atoms with van der Waals surface area (Å²) in [7, 11) is 0. The number of thioether (sulfide) groups is 1. The van der Waals surface area contributed by atoms with Gasteiger partial charge in [-0.15, -0.1) is 11.8 Å². The molecule has 37 heavy (non-hydrogen) atoms. The lowest BCUT2D eigenvalue weighted by Crippen LogP contribution is -2.54. The van der Waals surface area contributed by atoms with Crippen LogP contribution in [0.25, 0.3) is 0 Å². The summed E-state index contributed by atoms with van der Waals surface area (Å²) in [6, 6.07) is 14.5. The third-order valence-electron chi connectivity index (χ3n) is 5.24. The van der Waals surface area contributed by atoms with Gasteiger partial charge in [-0.1, -0.05) is 36.4 Å². The Kier molecular flexibility index (Phi) is 11.1. The van der Waals surface area contributed by atoms with Crippen molar-refractivity contribution in [2.24, 2.45) is 5.73 Å². The number of hydrogen-bond acceptors (Lipinski definition) is 6. The molecule has 10 heteroatoms. The molecule has 0 saturated heterocycles. The summed E-state index contributed by atoms with van der Waals surface area (Å²) in [6.45, 7) is 6.88. The van der Waals surface area contributed by atoms with Gasteiger partial charge in [0.15, 0.2) is 0 Å². The third-order valence-corrected chi connectivity index (χ3v) is 6.38. The average Bonchev–Trinajstić information content (AvgIpc) is 2.80. The van der Waals surface area contributed by atoms with Gasteiger partial charge in [0.1, 0.15) is 6.04 Å². The molecule has 3 atom stereocenters. The fraction of sp³-hybridized carbons (Fsp3) is 0.407. The summed E-state index contributed by atoms with van der Waals surface area (Å²) in [6.07, 6.45) is -1.36. The molecule has 9 nitrogen and oxygen atoms in total. The van der Waals surface area contributed by atoms with Crippen LogP contribution in [0.15, 0.2) is 59.5 Å². The second-order valence-electron chi connectivity index (χ2n) is 9.80.